The SMILES string of the molecule is CCn1c2ccccc2c2cc(N(c3ccccc3)c3ccc4c(c3)c3cc(N(c5ccccc5)c5ccc6c(c5)-c5ccccc5C6NC)ccc3n4-c3ccccc3)ccc21. The lowest BCUT2D eigenvalue weighted by Gasteiger charge is -2.26. The van der Waals surface area contributed by atoms with Gasteiger partial charge >= 0.3 is 0 Å². The highest BCUT2D eigenvalue weighted by atomic mass is 15.2. The van der Waals surface area contributed by atoms with Gasteiger partial charge in [0.1, 0.15) is 0 Å². The summed E-state index contributed by atoms with van der Waals surface area (Å²) in [7, 11) is 2.05. The van der Waals surface area contributed by atoms with E-state index in [1.54, 1.807) is 0 Å². The van der Waals surface area contributed by atoms with Gasteiger partial charge < -0.3 is 24.3 Å². The van der Waals surface area contributed by atoms with Crippen molar-refractivity contribution < 1.29 is 0 Å². The van der Waals surface area contributed by atoms with Crippen molar-refractivity contribution in [2.75, 3.05) is 16.8 Å². The minimum Gasteiger partial charge on any atom is -0.341 e. The van der Waals surface area contributed by atoms with Crippen LogP contribution in [0.4, 0.5) is 34.1 Å². The molecule has 0 fully saturated rings. The molecule has 0 spiro atoms. The summed E-state index contributed by atoms with van der Waals surface area (Å²) in [5.74, 6) is 0. The Balaban J connectivity index is 1.08. The Kier molecular flexibility index (Phi) is 8.76. The van der Waals surface area contributed by atoms with Gasteiger partial charge in [-0.2, -0.15) is 0 Å². The molecule has 5 nitrogen and oxygen atoms in total. The number of nitrogens with zero attached hydrogens (tertiary/aromatic N) is 4. The molecule has 0 saturated carbocycles. The maximum absolute atomic E-state index is 3.57. The number of hydrogen-bond donors (Lipinski definition) is 1. The van der Waals surface area contributed by atoms with Crippen molar-refractivity contribution in [1.82, 2.24) is 14.5 Å². The zero-order valence-electron chi connectivity index (χ0n) is 35.3. The van der Waals surface area contributed by atoms with Gasteiger partial charge in [-0.05, 0) is 145 Å². The second kappa shape index (κ2) is 14.9. The number of nitrogens with one attached hydrogen (secondary N) is 1. The Morgan fingerprint density at radius 1 is 0.397 bits per heavy atom. The van der Waals surface area contributed by atoms with Crippen LogP contribution in [-0.2, 0) is 6.54 Å². The first-order chi connectivity index (χ1) is 31.2. The van der Waals surface area contributed by atoms with Crippen molar-refractivity contribution >= 4 is 77.7 Å². The summed E-state index contributed by atoms with van der Waals surface area (Å²) < 4.78 is 4.83. The van der Waals surface area contributed by atoms with Crippen LogP contribution in [0, 0.1) is 0 Å². The third-order valence-electron chi connectivity index (χ3n) is 13.1. The quantitative estimate of drug-likeness (QED) is 0.157. The summed E-state index contributed by atoms with van der Waals surface area (Å²) in [6, 6.07) is 77.9. The Labute approximate surface area is 367 Å². The minimum atomic E-state index is 0.166. The number of fused-ring (bicyclic) bond motifs is 9. The highest BCUT2D eigenvalue weighted by Gasteiger charge is 2.29. The van der Waals surface area contributed by atoms with Gasteiger partial charge in [-0.1, -0.05) is 103 Å². The summed E-state index contributed by atoms with van der Waals surface area (Å²) >= 11 is 0. The molecule has 0 radical (unpaired) electrons. The fourth-order valence-electron chi connectivity index (χ4n) is 10.3. The van der Waals surface area contributed by atoms with E-state index >= 15 is 0 Å². The molecule has 9 aromatic carbocycles. The summed E-state index contributed by atoms with van der Waals surface area (Å²) in [5.41, 5.74) is 17.8. The van der Waals surface area contributed by atoms with Crippen LogP contribution < -0.4 is 15.1 Å². The zero-order valence-corrected chi connectivity index (χ0v) is 35.3. The summed E-state index contributed by atoms with van der Waals surface area (Å²) in [6.07, 6.45) is 0. The predicted molar refractivity (Wildman–Crippen MR) is 265 cm³/mol. The third-order valence-corrected chi connectivity index (χ3v) is 13.1. The van der Waals surface area contributed by atoms with Crippen molar-refractivity contribution in [2.24, 2.45) is 0 Å². The number of para-hydroxylation sites is 4. The van der Waals surface area contributed by atoms with Crippen LogP contribution in [0.5, 0.6) is 0 Å². The Bertz CT molecular complexity index is 3490. The third kappa shape index (κ3) is 5.89. The average Bonchev–Trinajstić information content (AvgIpc) is 3.97. The molecule has 1 aliphatic carbocycles. The number of rotatable bonds is 9. The van der Waals surface area contributed by atoms with E-state index in [9.17, 15) is 0 Å². The van der Waals surface area contributed by atoms with E-state index in [0.29, 0.717) is 0 Å². The molecule has 0 bridgehead atoms. The standard InChI is InChI=1S/C58H45N5/c1-3-60-54-26-16-15-24-47(54)51-36-43(28-32-55(51)60)62(40-19-9-5-10-20-40)45-30-34-57-53(38-45)52-37-44(29-33-56(52)63(57)41-21-11-6-12-22-41)61(39-17-7-4-8-18-39)42-27-31-49-50(35-42)46-23-13-14-25-48(46)58(49)59-2/h4-38,58-59H,3H2,1-2H3. The van der Waals surface area contributed by atoms with E-state index in [-0.39, 0.29) is 6.04 Å². The normalized spacial score (nSPS) is 13.2. The van der Waals surface area contributed by atoms with Gasteiger partial charge in [0.25, 0.3) is 0 Å². The van der Waals surface area contributed by atoms with Crippen molar-refractivity contribution in [1.29, 1.82) is 0 Å². The lowest BCUT2D eigenvalue weighted by molar-refractivity contribution is 0.707. The lowest BCUT2D eigenvalue weighted by atomic mass is 10.0. The molecule has 12 rings (SSSR count). The minimum absolute atomic E-state index is 0.166. The number of benzene rings is 9. The van der Waals surface area contributed by atoms with E-state index in [2.05, 4.69) is 251 Å². The number of aryl methyl sites for hydroxylation is 1. The van der Waals surface area contributed by atoms with Crippen LogP contribution in [0.25, 0.3) is 60.4 Å². The summed E-state index contributed by atoms with van der Waals surface area (Å²) in [6.45, 7) is 3.14. The number of anilines is 6. The molecule has 1 unspecified atom stereocenters. The molecule has 1 aliphatic rings. The van der Waals surface area contributed by atoms with Crippen molar-refractivity contribution in [3.05, 3.63) is 223 Å². The zero-order chi connectivity index (χ0) is 42.0. The summed E-state index contributed by atoms with van der Waals surface area (Å²) in [5, 5.41) is 8.48. The van der Waals surface area contributed by atoms with Crippen molar-refractivity contribution in [2.45, 2.75) is 19.5 Å². The number of aromatic nitrogens is 2. The van der Waals surface area contributed by atoms with Crippen LogP contribution in [0.15, 0.2) is 212 Å². The average molecular weight is 812 g/mol. The van der Waals surface area contributed by atoms with Crippen LogP contribution in [0.1, 0.15) is 24.1 Å². The lowest BCUT2D eigenvalue weighted by Crippen LogP contribution is -2.15. The second-order valence-electron chi connectivity index (χ2n) is 16.5. The smallest absolute Gasteiger partial charge is 0.0586 e. The Morgan fingerprint density at radius 3 is 1.46 bits per heavy atom. The maximum atomic E-state index is 3.57. The predicted octanol–water partition coefficient (Wildman–Crippen LogP) is 15.1. The molecule has 1 N–H and O–H groups in total. The van der Waals surface area contributed by atoms with Crippen LogP contribution in [-0.4, -0.2) is 16.2 Å². The molecule has 11 aromatic rings. The first-order valence-corrected chi connectivity index (χ1v) is 21.9. The molecule has 63 heavy (non-hydrogen) atoms. The summed E-state index contributed by atoms with van der Waals surface area (Å²) in [4.78, 5) is 4.81. The van der Waals surface area contributed by atoms with E-state index in [1.165, 1.54) is 54.8 Å². The van der Waals surface area contributed by atoms with Crippen LogP contribution in [0.3, 0.4) is 0 Å². The van der Waals surface area contributed by atoms with Gasteiger partial charge in [0.05, 0.1) is 17.1 Å². The van der Waals surface area contributed by atoms with Gasteiger partial charge in [0.2, 0.25) is 0 Å². The van der Waals surface area contributed by atoms with E-state index in [1.807, 2.05) is 0 Å². The van der Waals surface area contributed by atoms with Gasteiger partial charge in [0.15, 0.2) is 0 Å². The van der Waals surface area contributed by atoms with Crippen molar-refractivity contribution in [3.8, 4) is 16.8 Å². The molecule has 5 heteroatoms. The van der Waals surface area contributed by atoms with Crippen LogP contribution >= 0.6 is 0 Å². The van der Waals surface area contributed by atoms with Crippen molar-refractivity contribution in [3.63, 3.8) is 0 Å². The highest BCUT2D eigenvalue weighted by Crippen LogP contribution is 2.48. The molecule has 2 aromatic heterocycles. The van der Waals surface area contributed by atoms with Crippen LogP contribution in [0.2, 0.25) is 0 Å². The molecule has 0 saturated heterocycles. The first kappa shape index (κ1) is 36.9. The number of hydrogen-bond acceptors (Lipinski definition) is 3. The maximum Gasteiger partial charge on any atom is 0.0586 e. The Hall–Kier alpha value is -7.86. The molecular weight excluding hydrogens is 767 g/mol. The molecule has 1 atom stereocenters. The van der Waals surface area contributed by atoms with Gasteiger partial charge in [-0.15, -0.1) is 0 Å². The second-order valence-corrected chi connectivity index (χ2v) is 16.5. The molecule has 0 aliphatic heterocycles. The molecule has 0 amide bonds. The van der Waals surface area contributed by atoms with Gasteiger partial charge in [-0.3, -0.25) is 0 Å². The van der Waals surface area contributed by atoms with E-state index in [0.717, 1.165) is 57.4 Å². The molecule has 2 heterocycles. The van der Waals surface area contributed by atoms with Gasteiger partial charge in [0, 0.05) is 78.9 Å². The van der Waals surface area contributed by atoms with E-state index in [4.69, 9.17) is 0 Å². The van der Waals surface area contributed by atoms with E-state index < -0.39 is 0 Å². The largest absolute Gasteiger partial charge is 0.341 e. The first-order valence-electron chi connectivity index (χ1n) is 21.9. The monoisotopic (exact) mass is 811 g/mol. The highest BCUT2D eigenvalue weighted by molar-refractivity contribution is 6.13. The molecule has 302 valence electrons. The fraction of sp³-hybridized carbons (Fsp3) is 0.0690. The topological polar surface area (TPSA) is 28.4 Å². The molecular formula is C58H45N5. The van der Waals surface area contributed by atoms with Gasteiger partial charge in [-0.25, -0.2) is 0 Å². The Morgan fingerprint density at radius 2 is 0.857 bits per heavy atom. The fourth-order valence-corrected chi connectivity index (χ4v) is 10.3.